The van der Waals surface area contributed by atoms with E-state index in [1.54, 1.807) is 11.9 Å². The Hall–Kier alpha value is -1.45. The van der Waals surface area contributed by atoms with Crippen molar-refractivity contribution >= 4 is 38.2 Å². The zero-order chi connectivity index (χ0) is 17.9. The normalized spacial score (nSPS) is 22.0. The number of sulfonamides is 1. The Balaban J connectivity index is 1.79. The van der Waals surface area contributed by atoms with E-state index in [-0.39, 0.29) is 24.9 Å². The molecule has 0 spiro atoms. The van der Waals surface area contributed by atoms with Gasteiger partial charge in [0.1, 0.15) is 11.5 Å². The highest BCUT2D eigenvalue weighted by Gasteiger charge is 2.39. The second kappa shape index (κ2) is 5.78. The number of carbonyl (C=O) groups excluding carboxylic acids is 2. The molecule has 4 rings (SSSR count). The molecule has 136 valence electrons. The predicted molar refractivity (Wildman–Crippen MR) is 95.3 cm³/mol. The summed E-state index contributed by atoms with van der Waals surface area (Å²) >= 11 is 1.41. The van der Waals surface area contributed by atoms with Crippen LogP contribution in [0.15, 0.2) is 0 Å². The third-order valence-electron chi connectivity index (χ3n) is 5.09. The maximum atomic E-state index is 12.9. The molecule has 7 nitrogen and oxygen atoms in total. The third-order valence-corrected chi connectivity index (χ3v) is 7.58. The molecule has 0 aromatic carbocycles. The Morgan fingerprint density at radius 3 is 2.56 bits per heavy atom. The Labute approximate surface area is 151 Å². The molecule has 1 saturated carbocycles. The summed E-state index contributed by atoms with van der Waals surface area (Å²) < 4.78 is 25.2. The van der Waals surface area contributed by atoms with Gasteiger partial charge in [-0.1, -0.05) is 0 Å². The van der Waals surface area contributed by atoms with Gasteiger partial charge in [0, 0.05) is 31.6 Å². The van der Waals surface area contributed by atoms with Crippen LogP contribution < -0.4 is 4.90 Å². The van der Waals surface area contributed by atoms with Gasteiger partial charge in [-0.25, -0.2) is 8.42 Å². The highest BCUT2D eigenvalue weighted by atomic mass is 32.2. The minimum absolute atomic E-state index is 0.0555. The van der Waals surface area contributed by atoms with Crippen LogP contribution in [0.25, 0.3) is 0 Å². The molecular weight excluding hydrogens is 362 g/mol. The van der Waals surface area contributed by atoms with Gasteiger partial charge in [-0.3, -0.25) is 9.59 Å². The maximum Gasteiger partial charge on any atom is 0.257 e. The quantitative estimate of drug-likeness (QED) is 0.777. The molecule has 0 atom stereocenters. The van der Waals surface area contributed by atoms with Crippen molar-refractivity contribution < 1.29 is 18.0 Å². The smallest absolute Gasteiger partial charge is 0.257 e. The molecule has 3 aliphatic rings. The van der Waals surface area contributed by atoms with Crippen LogP contribution in [0.1, 0.15) is 33.6 Å². The van der Waals surface area contributed by atoms with Gasteiger partial charge >= 0.3 is 0 Å². The lowest BCUT2D eigenvalue weighted by atomic mass is 10.0. The summed E-state index contributed by atoms with van der Waals surface area (Å²) in [5.41, 5.74) is 1.54. The molecule has 1 aliphatic carbocycles. The molecule has 3 heterocycles. The van der Waals surface area contributed by atoms with Gasteiger partial charge in [0.15, 0.2) is 0 Å². The van der Waals surface area contributed by atoms with Crippen molar-refractivity contribution in [1.82, 2.24) is 9.21 Å². The molecule has 9 heteroatoms. The first kappa shape index (κ1) is 17.0. The molecule has 2 aliphatic heterocycles. The van der Waals surface area contributed by atoms with E-state index in [1.165, 1.54) is 26.8 Å². The van der Waals surface area contributed by atoms with Crippen molar-refractivity contribution in [2.45, 2.75) is 25.8 Å². The number of fused-ring (bicyclic) bond motifs is 3. The van der Waals surface area contributed by atoms with Gasteiger partial charge in [0.25, 0.3) is 5.91 Å². The van der Waals surface area contributed by atoms with Crippen molar-refractivity contribution in [2.24, 2.45) is 5.92 Å². The van der Waals surface area contributed by atoms with E-state index in [0.29, 0.717) is 36.0 Å². The predicted octanol–water partition coefficient (Wildman–Crippen LogP) is 0.894. The Kier molecular flexibility index (Phi) is 3.93. The molecular formula is C16H21N3O4S2. The summed E-state index contributed by atoms with van der Waals surface area (Å²) in [5, 5.41) is 0.714. The average Bonchev–Trinajstić information content (AvgIpc) is 3.29. The number of thiophene rings is 1. The summed E-state index contributed by atoms with van der Waals surface area (Å²) in [4.78, 5) is 29.7. The lowest BCUT2D eigenvalue weighted by molar-refractivity contribution is -0.119. The molecule has 2 amide bonds. The Bertz CT molecular complexity index is 857. The number of likely N-dealkylation sites (N-methyl/N-ethyl adjacent to an activating group) is 1. The molecule has 0 unspecified atom stereocenters. The Morgan fingerprint density at radius 1 is 1.20 bits per heavy atom. The van der Waals surface area contributed by atoms with Crippen molar-refractivity contribution in [2.75, 3.05) is 37.8 Å². The van der Waals surface area contributed by atoms with Gasteiger partial charge in [-0.15, -0.1) is 11.3 Å². The number of rotatable bonds is 3. The SMILES string of the molecule is CN1CC(=O)N(CC2CC2)c2sc3c(c2C1=O)CCN(S(C)(=O)=O)C3. The highest BCUT2D eigenvalue weighted by Crippen LogP contribution is 2.43. The molecule has 1 aromatic rings. The molecule has 25 heavy (non-hydrogen) atoms. The molecule has 0 radical (unpaired) electrons. The number of nitrogens with zero attached hydrogens (tertiary/aromatic N) is 3. The van der Waals surface area contributed by atoms with Crippen LogP contribution >= 0.6 is 11.3 Å². The fraction of sp³-hybridized carbons (Fsp3) is 0.625. The topological polar surface area (TPSA) is 78.0 Å². The van der Waals surface area contributed by atoms with Gasteiger partial charge in [-0.2, -0.15) is 4.31 Å². The number of amides is 2. The van der Waals surface area contributed by atoms with Crippen LogP contribution in [0.2, 0.25) is 0 Å². The fourth-order valence-electron chi connectivity index (χ4n) is 3.47. The second-order valence-corrected chi connectivity index (χ2v) is 10.2. The van der Waals surface area contributed by atoms with Crippen LogP contribution in [0.5, 0.6) is 0 Å². The third kappa shape index (κ3) is 2.98. The Morgan fingerprint density at radius 2 is 1.92 bits per heavy atom. The van der Waals surface area contributed by atoms with Crippen LogP contribution in [0.4, 0.5) is 5.00 Å². The minimum Gasteiger partial charge on any atom is -0.332 e. The summed E-state index contributed by atoms with van der Waals surface area (Å²) in [5.74, 6) is 0.328. The second-order valence-electron chi connectivity index (χ2n) is 7.14. The van der Waals surface area contributed by atoms with E-state index >= 15 is 0 Å². The fourth-order valence-corrected chi connectivity index (χ4v) is 5.72. The number of carbonyl (C=O) groups is 2. The maximum absolute atomic E-state index is 12.9. The molecule has 0 bridgehead atoms. The molecule has 1 fully saturated rings. The van der Waals surface area contributed by atoms with Crippen LogP contribution in [-0.2, 0) is 27.8 Å². The van der Waals surface area contributed by atoms with Crippen molar-refractivity contribution in [3.8, 4) is 0 Å². The van der Waals surface area contributed by atoms with E-state index in [9.17, 15) is 18.0 Å². The van der Waals surface area contributed by atoms with Crippen LogP contribution in [-0.4, -0.2) is 62.4 Å². The number of hydrogen-bond donors (Lipinski definition) is 0. The standard InChI is InChI=1S/C16H21N3O4S2/c1-17-9-13(20)19(7-10-3-4-10)16-14(15(17)21)11-5-6-18(25(2,22)23)8-12(11)24-16/h10H,3-9H2,1-2H3. The highest BCUT2D eigenvalue weighted by molar-refractivity contribution is 7.88. The lowest BCUT2D eigenvalue weighted by Crippen LogP contribution is -2.38. The van der Waals surface area contributed by atoms with E-state index in [2.05, 4.69) is 0 Å². The lowest BCUT2D eigenvalue weighted by Gasteiger charge is -2.25. The van der Waals surface area contributed by atoms with Crippen molar-refractivity contribution in [1.29, 1.82) is 0 Å². The summed E-state index contributed by atoms with van der Waals surface area (Å²) in [7, 11) is -1.62. The minimum atomic E-state index is -3.27. The van der Waals surface area contributed by atoms with Gasteiger partial charge in [0.2, 0.25) is 15.9 Å². The van der Waals surface area contributed by atoms with Crippen LogP contribution in [0, 0.1) is 5.92 Å². The van der Waals surface area contributed by atoms with E-state index in [1.807, 2.05) is 0 Å². The van der Waals surface area contributed by atoms with Crippen molar-refractivity contribution in [3.63, 3.8) is 0 Å². The summed E-state index contributed by atoms with van der Waals surface area (Å²) in [6, 6.07) is 0. The van der Waals surface area contributed by atoms with E-state index < -0.39 is 10.0 Å². The first-order valence-corrected chi connectivity index (χ1v) is 11.1. The van der Waals surface area contributed by atoms with Crippen molar-refractivity contribution in [3.05, 3.63) is 16.0 Å². The van der Waals surface area contributed by atoms with Gasteiger partial charge in [-0.05, 0) is 30.7 Å². The molecule has 1 aromatic heterocycles. The zero-order valence-electron chi connectivity index (χ0n) is 14.3. The summed E-state index contributed by atoms with van der Waals surface area (Å²) in [6.07, 6.45) is 3.96. The van der Waals surface area contributed by atoms with E-state index in [0.717, 1.165) is 23.3 Å². The average molecular weight is 383 g/mol. The number of hydrogen-bond acceptors (Lipinski definition) is 5. The van der Waals surface area contributed by atoms with Gasteiger partial charge in [0.05, 0.1) is 11.8 Å². The zero-order valence-corrected chi connectivity index (χ0v) is 16.0. The molecule has 0 N–H and O–H groups in total. The largest absolute Gasteiger partial charge is 0.332 e. The first-order valence-electron chi connectivity index (χ1n) is 8.41. The first-order chi connectivity index (χ1) is 11.8. The van der Waals surface area contributed by atoms with E-state index in [4.69, 9.17) is 0 Å². The summed E-state index contributed by atoms with van der Waals surface area (Å²) in [6.45, 7) is 1.41. The van der Waals surface area contributed by atoms with Gasteiger partial charge < -0.3 is 9.80 Å². The number of anilines is 1. The van der Waals surface area contributed by atoms with Crippen LogP contribution in [0.3, 0.4) is 0 Å². The monoisotopic (exact) mass is 383 g/mol. The molecule has 0 saturated heterocycles.